The van der Waals surface area contributed by atoms with Crippen molar-refractivity contribution in [1.29, 1.82) is 0 Å². The van der Waals surface area contributed by atoms with Crippen molar-refractivity contribution in [2.45, 2.75) is 83.1 Å². The first kappa shape index (κ1) is 20.4. The van der Waals surface area contributed by atoms with Gasteiger partial charge in [-0.15, -0.1) is 0 Å². The highest BCUT2D eigenvalue weighted by Crippen LogP contribution is 2.71. The lowest BCUT2D eigenvalue weighted by atomic mass is 9.42. The minimum Gasteiger partial charge on any atom is -0.390 e. The number of aliphatic hydroxyl groups is 3. The van der Waals surface area contributed by atoms with Crippen LogP contribution in [0.1, 0.15) is 65.7 Å². The van der Waals surface area contributed by atoms with E-state index in [2.05, 4.69) is 0 Å². The highest BCUT2D eigenvalue weighted by molar-refractivity contribution is 5.90. The summed E-state index contributed by atoms with van der Waals surface area (Å²) in [5.74, 6) is -1.63. The first-order chi connectivity index (χ1) is 13.0. The molecular weight excluding hydrogens is 363 g/mol. The van der Waals surface area contributed by atoms with Crippen LogP contribution in [-0.4, -0.2) is 50.9 Å². The Labute approximate surface area is 165 Å². The first-order valence-corrected chi connectivity index (χ1v) is 10.7. The number of halogens is 1. The predicted molar refractivity (Wildman–Crippen MR) is 100 cm³/mol. The van der Waals surface area contributed by atoms with E-state index in [9.17, 15) is 24.9 Å². The number of ketones is 2. The summed E-state index contributed by atoms with van der Waals surface area (Å²) >= 11 is 0. The second-order valence-electron chi connectivity index (χ2n) is 10.5. The van der Waals surface area contributed by atoms with Gasteiger partial charge in [-0.3, -0.25) is 9.59 Å². The zero-order valence-electron chi connectivity index (χ0n) is 17.1. The van der Waals surface area contributed by atoms with Gasteiger partial charge in [0, 0.05) is 23.7 Å². The van der Waals surface area contributed by atoms with Crippen LogP contribution < -0.4 is 0 Å². The lowest BCUT2D eigenvalue weighted by Gasteiger charge is -2.65. The lowest BCUT2D eigenvalue weighted by molar-refractivity contribution is -0.254. The lowest BCUT2D eigenvalue weighted by Crippen LogP contribution is -2.71. The molecule has 4 aliphatic rings. The molecule has 0 unspecified atom stereocenters. The quantitative estimate of drug-likeness (QED) is 0.665. The average molecular weight is 396 g/mol. The standard InChI is InChI=1S/C22H33FO5/c1-12-8-16-15-5-4-13-9-14(25)6-7-19(13,2)21(15,23)17(26)10-20(16,3)22(12,28)18(27)11-24/h12-13,15-17,24,26,28H,4-11H2,1-3H3/t12-,13+,15-,16-,17-,19-,20-,21-,22-/m0/s1. The third-order valence-corrected chi connectivity index (χ3v) is 9.71. The van der Waals surface area contributed by atoms with Gasteiger partial charge in [-0.2, -0.15) is 0 Å². The molecule has 0 radical (unpaired) electrons. The second-order valence-corrected chi connectivity index (χ2v) is 10.5. The van der Waals surface area contributed by atoms with Gasteiger partial charge in [-0.25, -0.2) is 4.39 Å². The number of rotatable bonds is 2. The Hall–Kier alpha value is -0.850. The Bertz CT molecular complexity index is 711. The van der Waals surface area contributed by atoms with E-state index in [1.54, 1.807) is 13.8 Å². The van der Waals surface area contributed by atoms with Gasteiger partial charge in [0.1, 0.15) is 23.7 Å². The molecule has 0 aliphatic heterocycles. The van der Waals surface area contributed by atoms with Crippen molar-refractivity contribution in [3.8, 4) is 0 Å². The molecular formula is C22H33FO5. The molecule has 0 heterocycles. The number of Topliss-reactive ketones (excluding diaryl/α,β-unsaturated/α-hetero) is 2. The van der Waals surface area contributed by atoms with Crippen LogP contribution >= 0.6 is 0 Å². The van der Waals surface area contributed by atoms with E-state index in [1.165, 1.54) is 0 Å². The molecule has 4 aliphatic carbocycles. The number of aliphatic hydroxyl groups excluding tert-OH is 2. The van der Waals surface area contributed by atoms with Gasteiger partial charge >= 0.3 is 0 Å². The van der Waals surface area contributed by atoms with Crippen molar-refractivity contribution in [3.63, 3.8) is 0 Å². The highest BCUT2D eigenvalue weighted by atomic mass is 19.1. The van der Waals surface area contributed by atoms with Crippen LogP contribution in [0.4, 0.5) is 4.39 Å². The van der Waals surface area contributed by atoms with Crippen molar-refractivity contribution in [2.24, 2.45) is 34.5 Å². The molecule has 0 bridgehead atoms. The summed E-state index contributed by atoms with van der Waals surface area (Å²) in [5, 5.41) is 32.1. The van der Waals surface area contributed by atoms with Gasteiger partial charge in [0.25, 0.3) is 0 Å². The Kier molecular flexibility index (Phi) is 4.44. The zero-order valence-corrected chi connectivity index (χ0v) is 17.1. The SMILES string of the molecule is C[C@H]1C[C@H]2[C@@H]3CC[C@@H]4CC(=O)CC[C@]4(C)[C@@]3(F)[C@@H](O)C[C@]2(C)[C@@]1(O)C(=O)CO. The molecule has 3 N–H and O–H groups in total. The topological polar surface area (TPSA) is 94.8 Å². The van der Waals surface area contributed by atoms with E-state index in [0.717, 1.165) is 6.42 Å². The van der Waals surface area contributed by atoms with Crippen molar-refractivity contribution < 1.29 is 29.3 Å². The molecule has 28 heavy (non-hydrogen) atoms. The molecule has 6 heteroatoms. The zero-order chi connectivity index (χ0) is 20.7. The largest absolute Gasteiger partial charge is 0.390 e. The summed E-state index contributed by atoms with van der Waals surface area (Å²) in [5.41, 5.74) is -5.32. The fourth-order valence-corrected chi connectivity index (χ4v) is 8.10. The third kappa shape index (κ3) is 2.12. The summed E-state index contributed by atoms with van der Waals surface area (Å²) in [7, 11) is 0. The number of alkyl halides is 1. The van der Waals surface area contributed by atoms with Gasteiger partial charge in [0.05, 0.1) is 6.10 Å². The molecule has 4 fully saturated rings. The van der Waals surface area contributed by atoms with Gasteiger partial charge < -0.3 is 15.3 Å². The predicted octanol–water partition coefficient (Wildman–Crippen LogP) is 2.20. The molecule has 0 amide bonds. The van der Waals surface area contributed by atoms with E-state index in [0.29, 0.717) is 32.1 Å². The van der Waals surface area contributed by atoms with Crippen LogP contribution in [0.15, 0.2) is 0 Å². The molecule has 158 valence electrons. The number of carbonyl (C=O) groups is 2. The van der Waals surface area contributed by atoms with E-state index in [4.69, 9.17) is 0 Å². The van der Waals surface area contributed by atoms with Crippen LogP contribution in [0.25, 0.3) is 0 Å². The van der Waals surface area contributed by atoms with Gasteiger partial charge in [-0.1, -0.05) is 20.8 Å². The Balaban J connectivity index is 1.79. The highest BCUT2D eigenvalue weighted by Gasteiger charge is 2.76. The van der Waals surface area contributed by atoms with Gasteiger partial charge in [0.2, 0.25) is 0 Å². The Morgan fingerprint density at radius 1 is 1.21 bits per heavy atom. The summed E-state index contributed by atoms with van der Waals surface area (Å²) in [4.78, 5) is 24.6. The molecule has 0 aromatic carbocycles. The molecule has 0 aromatic heterocycles. The molecule has 0 aromatic rings. The first-order valence-electron chi connectivity index (χ1n) is 10.7. The van der Waals surface area contributed by atoms with Crippen LogP contribution in [0.3, 0.4) is 0 Å². The number of carbonyl (C=O) groups excluding carboxylic acids is 2. The maximum Gasteiger partial charge on any atom is 0.190 e. The molecule has 5 nitrogen and oxygen atoms in total. The number of hydrogen-bond donors (Lipinski definition) is 3. The number of fused-ring (bicyclic) bond motifs is 5. The number of hydrogen-bond acceptors (Lipinski definition) is 5. The molecule has 0 saturated heterocycles. The van der Waals surface area contributed by atoms with Crippen LogP contribution in [0.2, 0.25) is 0 Å². The normalized spacial score (nSPS) is 56.0. The third-order valence-electron chi connectivity index (χ3n) is 9.71. The van der Waals surface area contributed by atoms with E-state index >= 15 is 4.39 Å². The van der Waals surface area contributed by atoms with Crippen molar-refractivity contribution >= 4 is 11.6 Å². The second kappa shape index (κ2) is 6.08. The van der Waals surface area contributed by atoms with Gasteiger partial charge in [0.15, 0.2) is 5.78 Å². The molecule has 4 saturated carbocycles. The van der Waals surface area contributed by atoms with Crippen molar-refractivity contribution in [3.05, 3.63) is 0 Å². The maximum absolute atomic E-state index is 17.0. The monoisotopic (exact) mass is 396 g/mol. The van der Waals surface area contributed by atoms with Crippen LogP contribution in [0, 0.1) is 34.5 Å². The summed E-state index contributed by atoms with van der Waals surface area (Å²) in [6.07, 6.45) is 1.66. The van der Waals surface area contributed by atoms with E-state index in [-0.39, 0.29) is 24.0 Å². The van der Waals surface area contributed by atoms with Crippen molar-refractivity contribution in [2.75, 3.05) is 6.61 Å². The fourth-order valence-electron chi connectivity index (χ4n) is 8.10. The maximum atomic E-state index is 17.0. The fraction of sp³-hybridized carbons (Fsp3) is 0.909. The Morgan fingerprint density at radius 2 is 1.89 bits per heavy atom. The van der Waals surface area contributed by atoms with Crippen molar-refractivity contribution in [1.82, 2.24) is 0 Å². The summed E-state index contributed by atoms with van der Waals surface area (Å²) in [6, 6.07) is 0. The summed E-state index contributed by atoms with van der Waals surface area (Å²) < 4.78 is 17.0. The minimum atomic E-state index is -1.83. The van der Waals surface area contributed by atoms with E-state index < -0.39 is 52.4 Å². The molecule has 0 spiro atoms. The van der Waals surface area contributed by atoms with Crippen LogP contribution in [0.5, 0.6) is 0 Å². The molecule has 4 rings (SSSR count). The van der Waals surface area contributed by atoms with E-state index in [1.807, 2.05) is 6.92 Å². The van der Waals surface area contributed by atoms with Gasteiger partial charge in [-0.05, 0) is 55.8 Å². The Morgan fingerprint density at radius 3 is 2.54 bits per heavy atom. The smallest absolute Gasteiger partial charge is 0.190 e. The average Bonchev–Trinajstić information content (AvgIpc) is 2.84. The summed E-state index contributed by atoms with van der Waals surface area (Å²) in [6.45, 7) is 4.71. The molecule has 9 atom stereocenters. The van der Waals surface area contributed by atoms with Crippen LogP contribution in [-0.2, 0) is 9.59 Å². The minimum absolute atomic E-state index is 0.00645.